The Balaban J connectivity index is 1.85. The maximum Gasteiger partial charge on any atom is 0.338 e. The van der Waals surface area contributed by atoms with E-state index in [1.165, 1.54) is 11.1 Å². The van der Waals surface area contributed by atoms with E-state index < -0.39 is 0 Å². The number of rotatable bonds is 8. The highest BCUT2D eigenvalue weighted by atomic mass is 35.5. The predicted molar refractivity (Wildman–Crippen MR) is 103 cm³/mol. The highest BCUT2D eigenvalue weighted by molar-refractivity contribution is 7.98. The fraction of sp³-hybridized carbons (Fsp3) is 0.350. The van der Waals surface area contributed by atoms with Gasteiger partial charge in [-0.25, -0.2) is 4.79 Å². The maximum absolute atomic E-state index is 11.9. The lowest BCUT2D eigenvalue weighted by atomic mass is 10.0. The first-order valence-corrected chi connectivity index (χ1v) is 9.89. The molecule has 0 N–H and O–H groups in total. The fourth-order valence-electron chi connectivity index (χ4n) is 2.34. The Morgan fingerprint density at radius 3 is 2.42 bits per heavy atom. The standard InChI is InChI=1S/C20H23ClO2S/c1-15-3-8-17(9-4-15)19(21)12-7-16-5-10-18(11-6-16)20(22)23-13-14-24-2/h3-6,8-11,19H,7,12-14H2,1-2H3. The zero-order chi connectivity index (χ0) is 17.4. The summed E-state index contributed by atoms with van der Waals surface area (Å²) < 4.78 is 5.19. The van der Waals surface area contributed by atoms with Gasteiger partial charge in [0.1, 0.15) is 6.61 Å². The molecular weight excluding hydrogens is 340 g/mol. The van der Waals surface area contributed by atoms with Crippen molar-refractivity contribution in [3.05, 3.63) is 70.8 Å². The molecule has 0 saturated carbocycles. The summed E-state index contributed by atoms with van der Waals surface area (Å²) in [4.78, 5) is 11.9. The van der Waals surface area contributed by atoms with Crippen LogP contribution in [0.15, 0.2) is 48.5 Å². The van der Waals surface area contributed by atoms with Gasteiger partial charge in [0.25, 0.3) is 0 Å². The zero-order valence-electron chi connectivity index (χ0n) is 14.1. The van der Waals surface area contributed by atoms with Crippen molar-refractivity contribution < 1.29 is 9.53 Å². The van der Waals surface area contributed by atoms with Gasteiger partial charge in [0, 0.05) is 5.75 Å². The number of halogens is 1. The van der Waals surface area contributed by atoms with Crippen LogP contribution in [-0.4, -0.2) is 24.6 Å². The van der Waals surface area contributed by atoms with Crippen LogP contribution in [0.1, 0.15) is 38.8 Å². The van der Waals surface area contributed by atoms with Crippen molar-refractivity contribution in [2.45, 2.75) is 25.1 Å². The number of alkyl halides is 1. The van der Waals surface area contributed by atoms with Crippen molar-refractivity contribution in [2.75, 3.05) is 18.6 Å². The van der Waals surface area contributed by atoms with E-state index in [2.05, 4.69) is 31.2 Å². The normalized spacial score (nSPS) is 12.0. The Morgan fingerprint density at radius 1 is 1.12 bits per heavy atom. The van der Waals surface area contributed by atoms with Gasteiger partial charge in [0.15, 0.2) is 0 Å². The average Bonchev–Trinajstić information content (AvgIpc) is 2.61. The molecule has 0 saturated heterocycles. The van der Waals surface area contributed by atoms with Gasteiger partial charge in [-0.1, -0.05) is 42.0 Å². The molecule has 0 aliphatic heterocycles. The van der Waals surface area contributed by atoms with E-state index in [1.807, 2.05) is 30.5 Å². The molecule has 2 aromatic rings. The SMILES string of the molecule is CSCCOC(=O)c1ccc(CCC(Cl)c2ccc(C)cc2)cc1. The number of benzene rings is 2. The molecule has 0 aliphatic rings. The molecule has 1 atom stereocenters. The lowest BCUT2D eigenvalue weighted by Gasteiger charge is -2.10. The van der Waals surface area contributed by atoms with Crippen molar-refractivity contribution in [1.29, 1.82) is 0 Å². The summed E-state index contributed by atoms with van der Waals surface area (Å²) in [7, 11) is 0. The van der Waals surface area contributed by atoms with Crippen molar-refractivity contribution in [1.82, 2.24) is 0 Å². The number of ether oxygens (including phenoxy) is 1. The summed E-state index contributed by atoms with van der Waals surface area (Å²) in [6, 6.07) is 15.9. The van der Waals surface area contributed by atoms with Crippen LogP contribution in [0.5, 0.6) is 0 Å². The third-order valence-corrected chi connectivity index (χ3v) is 4.88. The Kier molecular flexibility index (Phi) is 7.67. The summed E-state index contributed by atoms with van der Waals surface area (Å²) in [6.45, 7) is 2.52. The number of esters is 1. The summed E-state index contributed by atoms with van der Waals surface area (Å²) >= 11 is 8.14. The number of carbonyl (C=O) groups is 1. The van der Waals surface area contributed by atoms with Gasteiger partial charge in [-0.3, -0.25) is 0 Å². The Hall–Kier alpha value is -1.45. The number of thioether (sulfide) groups is 1. The molecule has 0 heterocycles. The van der Waals surface area contributed by atoms with Crippen LogP contribution in [0, 0.1) is 6.92 Å². The van der Waals surface area contributed by atoms with Crippen molar-refractivity contribution in [3.8, 4) is 0 Å². The highest BCUT2D eigenvalue weighted by Crippen LogP contribution is 2.26. The molecule has 4 heteroatoms. The smallest absolute Gasteiger partial charge is 0.338 e. The molecule has 128 valence electrons. The third kappa shape index (κ3) is 5.88. The van der Waals surface area contributed by atoms with Crippen LogP contribution in [-0.2, 0) is 11.2 Å². The molecule has 0 aliphatic carbocycles. The Bertz CT molecular complexity index is 638. The second-order valence-electron chi connectivity index (χ2n) is 5.74. The first kappa shape index (κ1) is 18.9. The first-order chi connectivity index (χ1) is 11.6. The Morgan fingerprint density at radius 2 is 1.79 bits per heavy atom. The molecule has 0 amide bonds. The van der Waals surface area contributed by atoms with Crippen LogP contribution in [0.4, 0.5) is 0 Å². The van der Waals surface area contributed by atoms with E-state index >= 15 is 0 Å². The first-order valence-electron chi connectivity index (χ1n) is 8.06. The number of carbonyl (C=O) groups excluding carboxylic acids is 1. The number of hydrogen-bond donors (Lipinski definition) is 0. The monoisotopic (exact) mass is 362 g/mol. The molecule has 1 unspecified atom stereocenters. The van der Waals surface area contributed by atoms with E-state index in [9.17, 15) is 4.79 Å². The minimum atomic E-state index is -0.259. The second-order valence-corrected chi connectivity index (χ2v) is 7.25. The van der Waals surface area contributed by atoms with Crippen LogP contribution < -0.4 is 0 Å². The molecular formula is C20H23ClO2S. The lowest BCUT2D eigenvalue weighted by molar-refractivity contribution is 0.0530. The van der Waals surface area contributed by atoms with E-state index in [4.69, 9.17) is 16.3 Å². The van der Waals surface area contributed by atoms with Gasteiger partial charge in [-0.05, 0) is 49.3 Å². The van der Waals surface area contributed by atoms with E-state index in [0.29, 0.717) is 12.2 Å². The molecule has 2 aromatic carbocycles. The van der Waals surface area contributed by atoms with Gasteiger partial charge < -0.3 is 4.74 Å². The van der Waals surface area contributed by atoms with Gasteiger partial charge in [-0.15, -0.1) is 11.6 Å². The summed E-state index contributed by atoms with van der Waals surface area (Å²) in [5.41, 5.74) is 4.16. The van der Waals surface area contributed by atoms with Crippen molar-refractivity contribution in [2.24, 2.45) is 0 Å². The summed E-state index contributed by atoms with van der Waals surface area (Å²) in [5.74, 6) is 0.561. The molecule has 24 heavy (non-hydrogen) atoms. The minimum absolute atomic E-state index is 0.00165. The number of hydrogen-bond acceptors (Lipinski definition) is 3. The van der Waals surface area contributed by atoms with E-state index in [1.54, 1.807) is 11.8 Å². The largest absolute Gasteiger partial charge is 0.461 e. The highest BCUT2D eigenvalue weighted by Gasteiger charge is 2.09. The fourth-order valence-corrected chi connectivity index (χ4v) is 2.85. The van der Waals surface area contributed by atoms with Crippen molar-refractivity contribution in [3.63, 3.8) is 0 Å². The number of aryl methyl sites for hydroxylation is 2. The van der Waals surface area contributed by atoms with Gasteiger partial charge >= 0.3 is 5.97 Å². The van der Waals surface area contributed by atoms with E-state index in [-0.39, 0.29) is 11.3 Å². The average molecular weight is 363 g/mol. The van der Waals surface area contributed by atoms with Crippen LogP contribution in [0.3, 0.4) is 0 Å². The topological polar surface area (TPSA) is 26.3 Å². The predicted octanol–water partition coefficient (Wildman–Crippen LogP) is 5.43. The van der Waals surface area contributed by atoms with Gasteiger partial charge in [0.2, 0.25) is 0 Å². The molecule has 0 fully saturated rings. The van der Waals surface area contributed by atoms with Gasteiger partial charge in [-0.2, -0.15) is 11.8 Å². The van der Waals surface area contributed by atoms with Crippen molar-refractivity contribution >= 4 is 29.3 Å². The Labute approximate surface area is 153 Å². The van der Waals surface area contributed by atoms with Crippen LogP contribution in [0.2, 0.25) is 0 Å². The zero-order valence-corrected chi connectivity index (χ0v) is 15.7. The molecule has 0 aromatic heterocycles. The molecule has 2 nitrogen and oxygen atoms in total. The van der Waals surface area contributed by atoms with Crippen LogP contribution >= 0.6 is 23.4 Å². The van der Waals surface area contributed by atoms with E-state index in [0.717, 1.165) is 24.2 Å². The maximum atomic E-state index is 11.9. The third-order valence-electron chi connectivity index (χ3n) is 3.84. The lowest BCUT2D eigenvalue weighted by Crippen LogP contribution is -2.07. The minimum Gasteiger partial charge on any atom is -0.461 e. The molecule has 0 radical (unpaired) electrons. The van der Waals surface area contributed by atoms with Gasteiger partial charge in [0.05, 0.1) is 10.9 Å². The van der Waals surface area contributed by atoms with Crippen LogP contribution in [0.25, 0.3) is 0 Å². The summed E-state index contributed by atoms with van der Waals surface area (Å²) in [6.07, 6.45) is 3.73. The second kappa shape index (κ2) is 9.75. The summed E-state index contributed by atoms with van der Waals surface area (Å²) in [5, 5.41) is 0.00165. The molecule has 2 rings (SSSR count). The molecule has 0 bridgehead atoms. The quantitative estimate of drug-likeness (QED) is 0.356. The molecule has 0 spiro atoms.